The van der Waals surface area contributed by atoms with Crippen LogP contribution in [0.2, 0.25) is 0 Å². The van der Waals surface area contributed by atoms with E-state index in [-0.39, 0.29) is 6.42 Å². The molecule has 2 N–H and O–H groups in total. The van der Waals surface area contributed by atoms with Crippen molar-refractivity contribution in [3.63, 3.8) is 0 Å². The summed E-state index contributed by atoms with van der Waals surface area (Å²) in [4.78, 5) is 9.85. The van der Waals surface area contributed by atoms with Crippen LogP contribution in [0.25, 0.3) is 0 Å². The number of carboxylic acids is 1. The maximum atomic E-state index is 9.85. The summed E-state index contributed by atoms with van der Waals surface area (Å²) in [6, 6.07) is 0. The lowest BCUT2D eigenvalue weighted by atomic mass is 9.56. The van der Waals surface area contributed by atoms with Gasteiger partial charge in [-0.2, -0.15) is 0 Å². The third-order valence-corrected chi connectivity index (χ3v) is 4.82. The Hall–Kier alpha value is -0.570. The molecule has 0 atom stereocenters. The minimum atomic E-state index is -0.722. The van der Waals surface area contributed by atoms with Gasteiger partial charge >= 0.3 is 5.97 Å². The molecule has 104 valence electrons. The molecule has 4 rings (SSSR count). The van der Waals surface area contributed by atoms with Gasteiger partial charge < -0.3 is 10.4 Å². The van der Waals surface area contributed by atoms with Crippen molar-refractivity contribution >= 4 is 5.97 Å². The fraction of sp³-hybridized carbons (Fsp3) is 0.933. The lowest BCUT2D eigenvalue weighted by Gasteiger charge is -2.49. The Balaban J connectivity index is 0.000000139. The highest BCUT2D eigenvalue weighted by molar-refractivity contribution is 5.66. The van der Waals surface area contributed by atoms with Crippen LogP contribution in [0.5, 0.6) is 0 Å². The van der Waals surface area contributed by atoms with Crippen LogP contribution in [0, 0.1) is 23.7 Å². The standard InChI is InChI=1S/C10H16.C5H11NO2/c1-7-2-9-4-8(1)5-10(3-7)6-9;1-6-4-2-3-5(7)8/h7-10H,1-6H2;6H,2-4H2,1H3,(H,7,8). The van der Waals surface area contributed by atoms with Crippen LogP contribution in [0.15, 0.2) is 0 Å². The summed E-state index contributed by atoms with van der Waals surface area (Å²) in [6.07, 6.45) is 10.6. The first-order valence-electron chi connectivity index (χ1n) is 7.53. The van der Waals surface area contributed by atoms with E-state index in [2.05, 4.69) is 5.32 Å². The van der Waals surface area contributed by atoms with Crippen molar-refractivity contribution in [3.8, 4) is 0 Å². The van der Waals surface area contributed by atoms with Gasteiger partial charge in [0.1, 0.15) is 0 Å². The molecule has 0 radical (unpaired) electrons. The minimum Gasteiger partial charge on any atom is -0.481 e. The van der Waals surface area contributed by atoms with E-state index in [1.54, 1.807) is 38.5 Å². The smallest absolute Gasteiger partial charge is 0.303 e. The summed E-state index contributed by atoms with van der Waals surface area (Å²) >= 11 is 0. The van der Waals surface area contributed by atoms with Crippen molar-refractivity contribution in [1.29, 1.82) is 0 Å². The van der Waals surface area contributed by atoms with Crippen LogP contribution in [-0.4, -0.2) is 24.7 Å². The zero-order valence-electron chi connectivity index (χ0n) is 11.5. The lowest BCUT2D eigenvalue weighted by molar-refractivity contribution is -0.137. The molecule has 4 fully saturated rings. The Kier molecular flexibility index (Phi) is 5.04. The molecule has 0 aliphatic heterocycles. The first-order valence-corrected chi connectivity index (χ1v) is 7.53. The molecule has 0 unspecified atom stereocenters. The SMILES string of the molecule is C1C2CC3CC1CC(C2)C3.CNCCCC(=O)O. The number of carbonyl (C=O) groups is 1. The molecule has 3 nitrogen and oxygen atoms in total. The van der Waals surface area contributed by atoms with E-state index < -0.39 is 5.97 Å². The van der Waals surface area contributed by atoms with Gasteiger partial charge in [0.05, 0.1) is 0 Å². The van der Waals surface area contributed by atoms with Gasteiger partial charge in [-0.25, -0.2) is 0 Å². The van der Waals surface area contributed by atoms with Crippen molar-refractivity contribution in [2.24, 2.45) is 23.7 Å². The number of rotatable bonds is 4. The van der Waals surface area contributed by atoms with E-state index in [0.717, 1.165) is 6.54 Å². The van der Waals surface area contributed by atoms with Gasteiger partial charge in [0.2, 0.25) is 0 Å². The predicted octanol–water partition coefficient (Wildman–Crippen LogP) is 2.90. The molecule has 3 heteroatoms. The molecule has 18 heavy (non-hydrogen) atoms. The highest BCUT2D eigenvalue weighted by atomic mass is 16.4. The molecule has 4 aliphatic carbocycles. The van der Waals surface area contributed by atoms with Crippen LogP contribution in [0.1, 0.15) is 51.4 Å². The zero-order chi connectivity index (χ0) is 13.0. The molecule has 4 saturated carbocycles. The highest BCUT2D eigenvalue weighted by Gasteiger charge is 2.41. The molecule has 0 saturated heterocycles. The molecular formula is C15H27NO2. The maximum absolute atomic E-state index is 9.85. The van der Waals surface area contributed by atoms with Gasteiger partial charge in [0.25, 0.3) is 0 Å². The minimum absolute atomic E-state index is 0.265. The van der Waals surface area contributed by atoms with E-state index in [0.29, 0.717) is 6.42 Å². The second-order valence-corrected chi connectivity index (χ2v) is 6.48. The van der Waals surface area contributed by atoms with Crippen molar-refractivity contribution in [2.75, 3.05) is 13.6 Å². The zero-order valence-corrected chi connectivity index (χ0v) is 11.5. The van der Waals surface area contributed by atoms with Gasteiger partial charge in [-0.3, -0.25) is 4.79 Å². The first-order chi connectivity index (χ1) is 8.67. The molecule has 0 amide bonds. The molecule has 0 spiro atoms. The first kappa shape index (κ1) is 13.9. The molecule has 0 heterocycles. The molecular weight excluding hydrogens is 226 g/mol. The second kappa shape index (κ2) is 6.55. The topological polar surface area (TPSA) is 49.3 Å². The number of carboxylic acid groups (broad SMARTS) is 1. The van der Waals surface area contributed by atoms with Crippen molar-refractivity contribution in [2.45, 2.75) is 51.4 Å². The molecule has 4 aliphatic rings. The van der Waals surface area contributed by atoms with Crippen molar-refractivity contribution in [1.82, 2.24) is 5.32 Å². The van der Waals surface area contributed by atoms with E-state index >= 15 is 0 Å². The molecule has 0 aromatic heterocycles. The van der Waals surface area contributed by atoms with Crippen LogP contribution in [-0.2, 0) is 4.79 Å². The van der Waals surface area contributed by atoms with Crippen molar-refractivity contribution in [3.05, 3.63) is 0 Å². The predicted molar refractivity (Wildman–Crippen MR) is 72.5 cm³/mol. The van der Waals surface area contributed by atoms with Gasteiger partial charge in [-0.15, -0.1) is 0 Å². The third-order valence-electron chi connectivity index (χ3n) is 4.82. The van der Waals surface area contributed by atoms with E-state index in [1.165, 1.54) is 23.7 Å². The number of nitrogens with one attached hydrogen (secondary N) is 1. The van der Waals surface area contributed by atoms with Crippen molar-refractivity contribution < 1.29 is 9.90 Å². The number of hydrogen-bond acceptors (Lipinski definition) is 2. The van der Waals surface area contributed by atoms with Crippen LogP contribution >= 0.6 is 0 Å². The second-order valence-electron chi connectivity index (χ2n) is 6.48. The molecule has 0 aromatic rings. The van der Waals surface area contributed by atoms with E-state index in [4.69, 9.17) is 5.11 Å². The number of aliphatic carboxylic acids is 1. The average molecular weight is 253 g/mol. The van der Waals surface area contributed by atoms with E-state index in [9.17, 15) is 4.79 Å². The highest BCUT2D eigenvalue weighted by Crippen LogP contribution is 2.53. The Bertz CT molecular complexity index is 221. The summed E-state index contributed by atoms with van der Waals surface area (Å²) < 4.78 is 0. The summed E-state index contributed by atoms with van der Waals surface area (Å²) in [6.45, 7) is 0.784. The number of hydrogen-bond donors (Lipinski definition) is 2. The lowest BCUT2D eigenvalue weighted by Crippen LogP contribution is -2.38. The fourth-order valence-electron chi connectivity index (χ4n) is 4.40. The summed E-state index contributed by atoms with van der Waals surface area (Å²) in [5.41, 5.74) is 0. The van der Waals surface area contributed by atoms with Crippen LogP contribution in [0.4, 0.5) is 0 Å². The monoisotopic (exact) mass is 253 g/mol. The Morgan fingerprint density at radius 1 is 1.00 bits per heavy atom. The van der Waals surface area contributed by atoms with Gasteiger partial charge in [0.15, 0.2) is 0 Å². The largest absolute Gasteiger partial charge is 0.481 e. The molecule has 0 aromatic carbocycles. The Morgan fingerprint density at radius 3 is 1.67 bits per heavy atom. The molecule has 4 bridgehead atoms. The van der Waals surface area contributed by atoms with Gasteiger partial charge in [-0.1, -0.05) is 0 Å². The quantitative estimate of drug-likeness (QED) is 0.757. The summed E-state index contributed by atoms with van der Waals surface area (Å²) in [5, 5.41) is 11.0. The Morgan fingerprint density at radius 2 is 1.39 bits per heavy atom. The van der Waals surface area contributed by atoms with E-state index in [1.807, 2.05) is 7.05 Å². The normalized spacial score (nSPS) is 36.1. The average Bonchev–Trinajstić information content (AvgIpc) is 2.27. The third kappa shape index (κ3) is 3.98. The van der Waals surface area contributed by atoms with Crippen LogP contribution < -0.4 is 5.32 Å². The Labute approximate surface area is 110 Å². The fourth-order valence-corrected chi connectivity index (χ4v) is 4.40. The summed E-state index contributed by atoms with van der Waals surface area (Å²) in [5.74, 6) is 3.99. The van der Waals surface area contributed by atoms with Gasteiger partial charge in [0, 0.05) is 6.42 Å². The van der Waals surface area contributed by atoms with Crippen LogP contribution in [0.3, 0.4) is 0 Å². The maximum Gasteiger partial charge on any atom is 0.303 e. The summed E-state index contributed by atoms with van der Waals surface area (Å²) in [7, 11) is 1.81. The van der Waals surface area contributed by atoms with Gasteiger partial charge in [-0.05, 0) is 82.2 Å².